The van der Waals surface area contributed by atoms with Crippen molar-refractivity contribution in [3.63, 3.8) is 0 Å². The Morgan fingerprint density at radius 1 is 0.900 bits per heavy atom. The molecule has 0 N–H and O–H groups in total. The molecule has 0 radical (unpaired) electrons. The van der Waals surface area contributed by atoms with Gasteiger partial charge < -0.3 is 0 Å². The van der Waals surface area contributed by atoms with Crippen LogP contribution in [0.1, 0.15) is 28.8 Å². The molecule has 0 bridgehead atoms. The van der Waals surface area contributed by atoms with E-state index in [1.54, 1.807) is 12.1 Å². The Bertz CT molecular complexity index is 1250. The average Bonchev–Trinajstić information content (AvgIpc) is 3.14. The Balaban J connectivity index is 1.83. The van der Waals surface area contributed by atoms with Gasteiger partial charge in [0.1, 0.15) is 5.69 Å². The number of hydrogen-bond donors (Lipinski definition) is 0. The summed E-state index contributed by atoms with van der Waals surface area (Å²) < 4.78 is 66.6. The highest BCUT2D eigenvalue weighted by Gasteiger charge is 2.30. The van der Waals surface area contributed by atoms with Crippen LogP contribution in [-0.2, 0) is 6.18 Å². The van der Waals surface area contributed by atoms with E-state index in [1.165, 1.54) is 18.3 Å². The number of fused-ring (bicyclic) bond motifs is 1. The lowest BCUT2D eigenvalue weighted by Crippen LogP contribution is -2.05. The highest BCUT2D eigenvalue weighted by atomic mass is 19.4. The van der Waals surface area contributed by atoms with Crippen LogP contribution in [0.25, 0.3) is 16.9 Å². The van der Waals surface area contributed by atoms with Gasteiger partial charge in [-0.1, -0.05) is 42.2 Å². The molecule has 0 fully saturated rings. The van der Waals surface area contributed by atoms with E-state index in [1.807, 2.05) is 18.2 Å². The van der Waals surface area contributed by atoms with Crippen LogP contribution >= 0.6 is 0 Å². The first-order chi connectivity index (χ1) is 14.3. The van der Waals surface area contributed by atoms with Crippen molar-refractivity contribution in [3.05, 3.63) is 89.2 Å². The molecule has 2 aromatic carbocycles. The van der Waals surface area contributed by atoms with Crippen molar-refractivity contribution in [2.24, 2.45) is 0 Å². The van der Waals surface area contributed by atoms with Crippen LogP contribution in [0.2, 0.25) is 0 Å². The molecule has 0 unspecified atom stereocenters. The molecule has 0 aliphatic carbocycles. The predicted molar refractivity (Wildman–Crippen MR) is 101 cm³/mol. The Labute approximate surface area is 167 Å². The Kier molecular flexibility index (Phi) is 4.96. The average molecular weight is 413 g/mol. The van der Waals surface area contributed by atoms with Crippen LogP contribution in [0, 0.1) is 11.8 Å². The van der Waals surface area contributed by atoms with E-state index in [9.17, 15) is 22.0 Å². The SMILES string of the molecule is FC(F)c1cc(-c2ccc(C(F)(F)F)cc2)nc2c(C#Cc3ccccc3)cnn12. The second-order valence-corrected chi connectivity index (χ2v) is 6.35. The fraction of sp³-hybridized carbons (Fsp3) is 0.0909. The summed E-state index contributed by atoms with van der Waals surface area (Å²) in [6, 6.07) is 14.3. The molecule has 150 valence electrons. The van der Waals surface area contributed by atoms with Gasteiger partial charge in [0.15, 0.2) is 5.65 Å². The zero-order chi connectivity index (χ0) is 21.3. The van der Waals surface area contributed by atoms with Crippen molar-refractivity contribution in [2.75, 3.05) is 0 Å². The highest BCUT2D eigenvalue weighted by molar-refractivity contribution is 5.66. The smallest absolute Gasteiger partial charge is 0.227 e. The van der Waals surface area contributed by atoms with Crippen molar-refractivity contribution in [3.8, 4) is 23.1 Å². The molecule has 30 heavy (non-hydrogen) atoms. The maximum atomic E-state index is 13.6. The van der Waals surface area contributed by atoms with E-state index in [0.717, 1.165) is 28.3 Å². The molecule has 2 aromatic heterocycles. The van der Waals surface area contributed by atoms with Crippen LogP contribution in [0.15, 0.2) is 66.9 Å². The van der Waals surface area contributed by atoms with Crippen molar-refractivity contribution >= 4 is 5.65 Å². The largest absolute Gasteiger partial charge is 0.416 e. The molecular weight excluding hydrogens is 401 g/mol. The van der Waals surface area contributed by atoms with E-state index in [2.05, 4.69) is 21.9 Å². The molecule has 0 spiro atoms. The van der Waals surface area contributed by atoms with Gasteiger partial charge in [0.2, 0.25) is 0 Å². The quantitative estimate of drug-likeness (QED) is 0.309. The van der Waals surface area contributed by atoms with Crippen LogP contribution in [0.4, 0.5) is 22.0 Å². The van der Waals surface area contributed by atoms with Crippen molar-refractivity contribution < 1.29 is 22.0 Å². The summed E-state index contributed by atoms with van der Waals surface area (Å²) >= 11 is 0. The fourth-order valence-electron chi connectivity index (χ4n) is 2.87. The third kappa shape index (κ3) is 3.87. The minimum atomic E-state index is -4.49. The summed E-state index contributed by atoms with van der Waals surface area (Å²) in [7, 11) is 0. The maximum Gasteiger partial charge on any atom is 0.416 e. The number of benzene rings is 2. The second kappa shape index (κ2) is 7.59. The van der Waals surface area contributed by atoms with Gasteiger partial charge in [-0.2, -0.15) is 18.3 Å². The summed E-state index contributed by atoms with van der Waals surface area (Å²) in [6.07, 6.45) is -6.02. The van der Waals surface area contributed by atoms with Gasteiger partial charge >= 0.3 is 6.18 Å². The Morgan fingerprint density at radius 3 is 2.23 bits per heavy atom. The number of nitrogens with zero attached hydrogens (tertiary/aromatic N) is 3. The zero-order valence-corrected chi connectivity index (χ0v) is 15.2. The zero-order valence-electron chi connectivity index (χ0n) is 15.2. The summed E-state index contributed by atoms with van der Waals surface area (Å²) in [5.74, 6) is 5.78. The molecule has 8 heteroatoms. The maximum absolute atomic E-state index is 13.6. The highest BCUT2D eigenvalue weighted by Crippen LogP contribution is 2.32. The monoisotopic (exact) mass is 413 g/mol. The third-order valence-electron chi connectivity index (χ3n) is 4.35. The lowest BCUT2D eigenvalue weighted by atomic mass is 10.1. The summed E-state index contributed by atoms with van der Waals surface area (Å²) in [6.45, 7) is 0. The topological polar surface area (TPSA) is 30.2 Å². The van der Waals surface area contributed by atoms with Gasteiger partial charge in [-0.3, -0.25) is 0 Å². The van der Waals surface area contributed by atoms with Crippen molar-refractivity contribution in [1.82, 2.24) is 14.6 Å². The molecule has 4 rings (SSSR count). The number of rotatable bonds is 2. The number of halogens is 5. The lowest BCUT2D eigenvalue weighted by molar-refractivity contribution is -0.137. The Hall–Kier alpha value is -3.73. The van der Waals surface area contributed by atoms with E-state index >= 15 is 0 Å². The molecular formula is C22H12F5N3. The minimum absolute atomic E-state index is 0.103. The first kappa shape index (κ1) is 19.6. The first-order valence-corrected chi connectivity index (χ1v) is 8.74. The van der Waals surface area contributed by atoms with Gasteiger partial charge in [0, 0.05) is 11.1 Å². The predicted octanol–water partition coefficient (Wildman–Crippen LogP) is 5.75. The van der Waals surface area contributed by atoms with Crippen molar-refractivity contribution in [1.29, 1.82) is 0 Å². The van der Waals surface area contributed by atoms with E-state index in [0.29, 0.717) is 5.56 Å². The molecule has 0 amide bonds. The van der Waals surface area contributed by atoms with Crippen LogP contribution in [0.5, 0.6) is 0 Å². The summed E-state index contributed by atoms with van der Waals surface area (Å²) in [5, 5.41) is 3.96. The number of hydrogen-bond acceptors (Lipinski definition) is 2. The van der Waals surface area contributed by atoms with Gasteiger partial charge in [0.25, 0.3) is 6.43 Å². The van der Waals surface area contributed by atoms with Gasteiger partial charge in [-0.15, -0.1) is 0 Å². The van der Waals surface area contributed by atoms with Crippen LogP contribution in [-0.4, -0.2) is 14.6 Å². The molecule has 0 saturated carbocycles. The third-order valence-corrected chi connectivity index (χ3v) is 4.35. The molecule has 0 aliphatic heterocycles. The lowest BCUT2D eigenvalue weighted by Gasteiger charge is -2.10. The van der Waals surface area contributed by atoms with E-state index in [-0.39, 0.29) is 16.9 Å². The van der Waals surface area contributed by atoms with Gasteiger partial charge in [-0.05, 0) is 30.3 Å². The standard InChI is InChI=1S/C22H12F5N3/c23-20(24)19-12-18(15-8-10-17(11-9-15)22(25,26)27)29-21-16(13-28-30(19)21)7-6-14-4-2-1-3-5-14/h1-5,8-13,20H. The summed E-state index contributed by atoms with van der Waals surface area (Å²) in [4.78, 5) is 4.34. The molecule has 0 atom stereocenters. The molecule has 0 saturated heterocycles. The number of aromatic nitrogens is 3. The normalized spacial score (nSPS) is 11.5. The van der Waals surface area contributed by atoms with E-state index < -0.39 is 23.9 Å². The first-order valence-electron chi connectivity index (χ1n) is 8.74. The molecule has 2 heterocycles. The Morgan fingerprint density at radius 2 is 1.60 bits per heavy atom. The second-order valence-electron chi connectivity index (χ2n) is 6.35. The number of alkyl halides is 5. The van der Waals surface area contributed by atoms with Crippen LogP contribution in [0.3, 0.4) is 0 Å². The summed E-state index contributed by atoms with van der Waals surface area (Å²) in [5.41, 5.74) is 0.277. The molecule has 0 aliphatic rings. The molecule has 4 aromatic rings. The van der Waals surface area contributed by atoms with Gasteiger partial charge in [-0.25, -0.2) is 18.3 Å². The fourth-order valence-corrected chi connectivity index (χ4v) is 2.87. The van der Waals surface area contributed by atoms with Crippen LogP contribution < -0.4 is 0 Å². The van der Waals surface area contributed by atoms with E-state index in [4.69, 9.17) is 0 Å². The van der Waals surface area contributed by atoms with Crippen molar-refractivity contribution in [2.45, 2.75) is 12.6 Å². The molecule has 3 nitrogen and oxygen atoms in total. The van der Waals surface area contributed by atoms with Gasteiger partial charge in [0.05, 0.1) is 23.0 Å². The minimum Gasteiger partial charge on any atom is -0.227 e.